The zero-order chi connectivity index (χ0) is 12.4. The van der Waals surface area contributed by atoms with Gasteiger partial charge in [-0.05, 0) is 30.5 Å². The number of rotatable bonds is 3. The van der Waals surface area contributed by atoms with Crippen LogP contribution in [0.4, 0.5) is 5.69 Å². The molecule has 4 heteroatoms. The lowest BCUT2D eigenvalue weighted by Gasteiger charge is -2.20. The first kappa shape index (κ1) is 12.2. The first-order chi connectivity index (χ1) is 8.15. The molecular weight excluding hydrogens is 238 g/mol. The van der Waals surface area contributed by atoms with Crippen LogP contribution in [0.5, 0.6) is 5.75 Å². The molecule has 0 radical (unpaired) electrons. The molecule has 17 heavy (non-hydrogen) atoms. The van der Waals surface area contributed by atoms with Gasteiger partial charge >= 0.3 is 0 Å². The summed E-state index contributed by atoms with van der Waals surface area (Å²) < 4.78 is 5.30. The molecule has 1 aliphatic rings. The molecule has 1 saturated heterocycles. The number of aryl methyl sites for hydroxylation is 1. The molecule has 1 atom stereocenters. The van der Waals surface area contributed by atoms with Crippen molar-refractivity contribution in [2.45, 2.75) is 13.3 Å². The van der Waals surface area contributed by atoms with E-state index in [9.17, 15) is 4.79 Å². The van der Waals surface area contributed by atoms with Crippen LogP contribution in [0.2, 0.25) is 0 Å². The Morgan fingerprint density at radius 3 is 2.88 bits per heavy atom. The number of halogens is 1. The minimum Gasteiger partial charge on any atom is -0.495 e. The van der Waals surface area contributed by atoms with Gasteiger partial charge < -0.3 is 9.64 Å². The first-order valence-corrected chi connectivity index (χ1v) is 6.20. The van der Waals surface area contributed by atoms with Gasteiger partial charge in [0.15, 0.2) is 0 Å². The molecule has 92 valence electrons. The van der Waals surface area contributed by atoms with Crippen molar-refractivity contribution in [2.75, 3.05) is 24.4 Å². The normalized spacial score (nSPS) is 19.8. The van der Waals surface area contributed by atoms with Crippen molar-refractivity contribution in [1.29, 1.82) is 0 Å². The standard InChI is InChI=1S/C13H16ClNO2/c1-9-3-4-12(17-2)11(5-9)15-8-10(7-14)6-13(15)16/h3-5,10H,6-8H2,1-2H3. The van der Waals surface area contributed by atoms with Gasteiger partial charge in [0.1, 0.15) is 5.75 Å². The van der Waals surface area contributed by atoms with Crippen LogP contribution in [0.25, 0.3) is 0 Å². The van der Waals surface area contributed by atoms with E-state index in [-0.39, 0.29) is 11.8 Å². The third kappa shape index (κ3) is 2.39. The molecule has 1 heterocycles. The van der Waals surface area contributed by atoms with Crippen LogP contribution < -0.4 is 9.64 Å². The molecule has 1 fully saturated rings. The van der Waals surface area contributed by atoms with Crippen LogP contribution in [-0.2, 0) is 4.79 Å². The van der Waals surface area contributed by atoms with E-state index in [2.05, 4.69) is 0 Å². The van der Waals surface area contributed by atoms with Crippen LogP contribution >= 0.6 is 11.6 Å². The van der Waals surface area contributed by atoms with Gasteiger partial charge in [0.05, 0.1) is 12.8 Å². The predicted octanol–water partition coefficient (Wildman–Crippen LogP) is 2.60. The van der Waals surface area contributed by atoms with E-state index in [4.69, 9.17) is 16.3 Å². The minimum atomic E-state index is 0.125. The molecule has 0 aromatic heterocycles. The molecule has 1 unspecified atom stereocenters. The van der Waals surface area contributed by atoms with Crippen LogP contribution in [-0.4, -0.2) is 25.4 Å². The Bertz CT molecular complexity index is 433. The topological polar surface area (TPSA) is 29.5 Å². The number of hydrogen-bond acceptors (Lipinski definition) is 2. The quantitative estimate of drug-likeness (QED) is 0.775. The first-order valence-electron chi connectivity index (χ1n) is 5.66. The Hall–Kier alpha value is -1.22. The number of amides is 1. The number of hydrogen-bond donors (Lipinski definition) is 0. The highest BCUT2D eigenvalue weighted by Gasteiger charge is 2.31. The molecule has 3 nitrogen and oxygen atoms in total. The van der Waals surface area contributed by atoms with Crippen molar-refractivity contribution in [2.24, 2.45) is 5.92 Å². The Balaban J connectivity index is 2.33. The number of ether oxygens (including phenoxy) is 1. The van der Waals surface area contributed by atoms with Gasteiger partial charge in [-0.15, -0.1) is 11.6 Å². The van der Waals surface area contributed by atoms with Crippen molar-refractivity contribution in [3.63, 3.8) is 0 Å². The molecule has 1 aromatic rings. The summed E-state index contributed by atoms with van der Waals surface area (Å²) in [6.45, 7) is 2.69. The van der Waals surface area contributed by atoms with Gasteiger partial charge in [-0.3, -0.25) is 4.79 Å². The molecule has 0 saturated carbocycles. The molecule has 0 aliphatic carbocycles. The summed E-state index contributed by atoms with van der Waals surface area (Å²) in [5.41, 5.74) is 1.97. The number of nitrogens with zero attached hydrogens (tertiary/aromatic N) is 1. The lowest BCUT2D eigenvalue weighted by Crippen LogP contribution is -2.25. The number of carbonyl (C=O) groups is 1. The molecule has 1 amide bonds. The highest BCUT2D eigenvalue weighted by Crippen LogP contribution is 2.33. The fraction of sp³-hybridized carbons (Fsp3) is 0.462. The highest BCUT2D eigenvalue weighted by atomic mass is 35.5. The third-order valence-electron chi connectivity index (χ3n) is 3.05. The van der Waals surface area contributed by atoms with E-state index in [1.807, 2.05) is 25.1 Å². The lowest BCUT2D eigenvalue weighted by atomic mass is 10.1. The second-order valence-electron chi connectivity index (χ2n) is 4.40. The highest BCUT2D eigenvalue weighted by molar-refractivity contribution is 6.18. The van der Waals surface area contributed by atoms with E-state index in [0.717, 1.165) is 17.0 Å². The summed E-state index contributed by atoms with van der Waals surface area (Å²) in [4.78, 5) is 13.7. The maximum Gasteiger partial charge on any atom is 0.227 e. The maximum atomic E-state index is 11.9. The fourth-order valence-electron chi connectivity index (χ4n) is 2.13. The van der Waals surface area contributed by atoms with E-state index in [0.29, 0.717) is 18.8 Å². The Kier molecular flexibility index (Phi) is 3.57. The van der Waals surface area contributed by atoms with Gasteiger partial charge in [-0.1, -0.05) is 6.07 Å². The zero-order valence-corrected chi connectivity index (χ0v) is 10.8. The monoisotopic (exact) mass is 253 g/mol. The number of methoxy groups -OCH3 is 1. The second kappa shape index (κ2) is 4.96. The molecule has 2 rings (SSSR count). The Labute approximate surface area is 106 Å². The molecule has 0 spiro atoms. The minimum absolute atomic E-state index is 0.125. The molecule has 0 N–H and O–H groups in total. The fourth-order valence-corrected chi connectivity index (χ4v) is 2.34. The van der Waals surface area contributed by atoms with E-state index >= 15 is 0 Å². The van der Waals surface area contributed by atoms with Crippen molar-refractivity contribution < 1.29 is 9.53 Å². The molecule has 0 bridgehead atoms. The van der Waals surface area contributed by atoms with Crippen molar-refractivity contribution in [3.8, 4) is 5.75 Å². The van der Waals surface area contributed by atoms with Crippen LogP contribution in [0, 0.1) is 12.8 Å². The summed E-state index contributed by atoms with van der Waals surface area (Å²) in [6, 6.07) is 5.85. The van der Waals surface area contributed by atoms with Crippen molar-refractivity contribution in [3.05, 3.63) is 23.8 Å². The third-order valence-corrected chi connectivity index (χ3v) is 3.48. The van der Waals surface area contributed by atoms with E-state index in [1.165, 1.54) is 0 Å². The van der Waals surface area contributed by atoms with E-state index in [1.54, 1.807) is 12.0 Å². The SMILES string of the molecule is COc1ccc(C)cc1N1CC(CCl)CC1=O. The summed E-state index contributed by atoms with van der Waals surface area (Å²) in [5, 5.41) is 0. The van der Waals surface area contributed by atoms with E-state index < -0.39 is 0 Å². The van der Waals surface area contributed by atoms with Gasteiger partial charge in [-0.2, -0.15) is 0 Å². The summed E-state index contributed by atoms with van der Waals surface area (Å²) in [6.07, 6.45) is 0.528. The van der Waals surface area contributed by atoms with Crippen LogP contribution in [0.15, 0.2) is 18.2 Å². The zero-order valence-electron chi connectivity index (χ0n) is 10.1. The van der Waals surface area contributed by atoms with Gasteiger partial charge in [0.2, 0.25) is 5.91 Å². The lowest BCUT2D eigenvalue weighted by molar-refractivity contribution is -0.117. The Morgan fingerprint density at radius 1 is 1.53 bits per heavy atom. The van der Waals surface area contributed by atoms with Crippen molar-refractivity contribution in [1.82, 2.24) is 0 Å². The maximum absolute atomic E-state index is 11.9. The van der Waals surface area contributed by atoms with Crippen molar-refractivity contribution >= 4 is 23.2 Å². The molecule has 1 aromatic carbocycles. The second-order valence-corrected chi connectivity index (χ2v) is 4.71. The summed E-state index contributed by atoms with van der Waals surface area (Å²) in [7, 11) is 1.62. The average molecular weight is 254 g/mol. The smallest absolute Gasteiger partial charge is 0.227 e. The summed E-state index contributed by atoms with van der Waals surface area (Å²) in [5.74, 6) is 1.63. The average Bonchev–Trinajstić information content (AvgIpc) is 2.70. The van der Waals surface area contributed by atoms with Gasteiger partial charge in [0, 0.05) is 18.8 Å². The predicted molar refractivity (Wildman–Crippen MR) is 68.9 cm³/mol. The largest absolute Gasteiger partial charge is 0.495 e. The number of anilines is 1. The molecule has 1 aliphatic heterocycles. The number of benzene rings is 1. The summed E-state index contributed by atoms with van der Waals surface area (Å²) >= 11 is 5.82. The van der Waals surface area contributed by atoms with Gasteiger partial charge in [0.25, 0.3) is 0 Å². The van der Waals surface area contributed by atoms with Gasteiger partial charge in [-0.25, -0.2) is 0 Å². The number of alkyl halides is 1. The number of carbonyl (C=O) groups excluding carboxylic acids is 1. The Morgan fingerprint density at radius 2 is 2.29 bits per heavy atom. The van der Waals surface area contributed by atoms with Crippen LogP contribution in [0.1, 0.15) is 12.0 Å². The molecular formula is C13H16ClNO2. The van der Waals surface area contributed by atoms with Crippen LogP contribution in [0.3, 0.4) is 0 Å².